The number of nitrogens with one attached hydrogen (secondary N) is 2. The van der Waals surface area contributed by atoms with Gasteiger partial charge in [0.1, 0.15) is 18.7 Å². The fourth-order valence-electron chi connectivity index (χ4n) is 2.15. The van der Waals surface area contributed by atoms with E-state index in [0.29, 0.717) is 29.2 Å². The van der Waals surface area contributed by atoms with Gasteiger partial charge in [-0.2, -0.15) is 5.10 Å². The Labute approximate surface area is 143 Å². The lowest BCUT2D eigenvalue weighted by Gasteiger charge is -2.15. The number of carbonyl (C=O) groups excluding carboxylic acids is 1. The van der Waals surface area contributed by atoms with E-state index in [2.05, 4.69) is 20.7 Å². The maximum absolute atomic E-state index is 12.1. The molecule has 0 aliphatic carbocycles. The third-order valence-corrected chi connectivity index (χ3v) is 3.52. The summed E-state index contributed by atoms with van der Waals surface area (Å²) in [7, 11) is 0. The highest BCUT2D eigenvalue weighted by molar-refractivity contribution is 6.31. The van der Waals surface area contributed by atoms with Gasteiger partial charge in [-0.05, 0) is 24.6 Å². The Bertz CT molecular complexity index is 705. The predicted molar refractivity (Wildman–Crippen MR) is 89.3 cm³/mol. The van der Waals surface area contributed by atoms with E-state index in [4.69, 9.17) is 16.7 Å². The van der Waals surface area contributed by atoms with Crippen LogP contribution in [0.2, 0.25) is 5.02 Å². The van der Waals surface area contributed by atoms with Crippen molar-refractivity contribution in [2.75, 3.05) is 11.9 Å². The zero-order valence-corrected chi connectivity index (χ0v) is 13.8. The minimum absolute atomic E-state index is 0.125. The van der Waals surface area contributed by atoms with Gasteiger partial charge in [0.05, 0.1) is 17.9 Å². The van der Waals surface area contributed by atoms with Gasteiger partial charge >= 0.3 is 5.97 Å². The fourth-order valence-corrected chi connectivity index (χ4v) is 2.32. The average molecular weight is 352 g/mol. The summed E-state index contributed by atoms with van der Waals surface area (Å²) >= 11 is 5.98. The molecule has 1 aromatic heterocycles. The van der Waals surface area contributed by atoms with Crippen LogP contribution in [0.3, 0.4) is 0 Å². The number of benzene rings is 1. The number of aromatic nitrogens is 3. The lowest BCUT2D eigenvalue weighted by Crippen LogP contribution is -2.41. The molecule has 24 heavy (non-hydrogen) atoms. The second-order valence-electron chi connectivity index (χ2n) is 5.11. The molecular formula is C15H18ClN5O3. The van der Waals surface area contributed by atoms with Crippen LogP contribution in [-0.2, 0) is 9.59 Å². The van der Waals surface area contributed by atoms with E-state index in [-0.39, 0.29) is 12.5 Å². The molecule has 1 aromatic carbocycles. The van der Waals surface area contributed by atoms with Crippen molar-refractivity contribution < 1.29 is 14.7 Å². The number of carboxylic acid groups (broad SMARTS) is 1. The molecule has 1 atom stereocenters. The highest BCUT2D eigenvalue weighted by Crippen LogP contribution is 2.23. The van der Waals surface area contributed by atoms with Crippen LogP contribution in [0, 0.1) is 0 Å². The van der Waals surface area contributed by atoms with Crippen LogP contribution in [0.5, 0.6) is 0 Å². The summed E-state index contributed by atoms with van der Waals surface area (Å²) in [4.78, 5) is 27.1. The summed E-state index contributed by atoms with van der Waals surface area (Å²) in [6.45, 7) is 1.76. The minimum Gasteiger partial charge on any atom is -0.480 e. The third kappa shape index (κ3) is 4.77. The van der Waals surface area contributed by atoms with Crippen molar-refractivity contribution in [1.82, 2.24) is 20.1 Å². The van der Waals surface area contributed by atoms with Crippen molar-refractivity contribution in [1.29, 1.82) is 0 Å². The molecular weight excluding hydrogens is 334 g/mol. The monoisotopic (exact) mass is 351 g/mol. The van der Waals surface area contributed by atoms with Crippen LogP contribution < -0.4 is 10.6 Å². The maximum atomic E-state index is 12.1. The largest absolute Gasteiger partial charge is 0.480 e. The Hall–Kier alpha value is -2.45. The van der Waals surface area contributed by atoms with Crippen LogP contribution in [0.4, 0.5) is 5.69 Å². The molecule has 1 amide bonds. The summed E-state index contributed by atoms with van der Waals surface area (Å²) in [6.07, 6.45) is 4.03. The number of carboxylic acids is 1. The number of anilines is 1. The zero-order chi connectivity index (χ0) is 17.5. The van der Waals surface area contributed by atoms with E-state index in [0.717, 1.165) is 0 Å². The van der Waals surface area contributed by atoms with Crippen molar-refractivity contribution >= 4 is 29.2 Å². The highest BCUT2D eigenvalue weighted by Gasteiger charge is 2.17. The van der Waals surface area contributed by atoms with Crippen molar-refractivity contribution in [2.24, 2.45) is 0 Å². The van der Waals surface area contributed by atoms with Crippen molar-refractivity contribution in [2.45, 2.75) is 25.8 Å². The molecule has 0 fully saturated rings. The molecule has 0 spiro atoms. The zero-order valence-electron chi connectivity index (χ0n) is 13.1. The predicted octanol–water partition coefficient (Wildman–Crippen LogP) is 1.70. The van der Waals surface area contributed by atoms with E-state index in [9.17, 15) is 9.59 Å². The average Bonchev–Trinajstić information content (AvgIpc) is 3.05. The lowest BCUT2D eigenvalue weighted by atomic mass is 10.1. The van der Waals surface area contributed by atoms with Gasteiger partial charge in [0.25, 0.3) is 0 Å². The fraction of sp³-hybridized carbons (Fsp3) is 0.333. The van der Waals surface area contributed by atoms with Crippen molar-refractivity contribution in [3.63, 3.8) is 0 Å². The van der Waals surface area contributed by atoms with E-state index in [1.165, 1.54) is 17.3 Å². The molecule has 2 rings (SSSR count). The van der Waals surface area contributed by atoms with Crippen LogP contribution in [0.25, 0.3) is 5.69 Å². The molecule has 0 radical (unpaired) electrons. The van der Waals surface area contributed by atoms with Gasteiger partial charge in [-0.3, -0.25) is 14.9 Å². The Morgan fingerprint density at radius 2 is 2.21 bits per heavy atom. The third-order valence-electron chi connectivity index (χ3n) is 3.28. The Morgan fingerprint density at radius 1 is 1.42 bits per heavy atom. The lowest BCUT2D eigenvalue weighted by molar-refractivity contribution is -0.139. The van der Waals surface area contributed by atoms with Crippen LogP contribution in [-0.4, -0.2) is 44.3 Å². The Kier molecular flexibility index (Phi) is 6.28. The standard InChI is InChI=1S/C15H18ClN5O3/c1-2-3-11(15(23)24)18-7-14(22)20-12-6-10(16)4-5-13(12)21-9-17-8-19-21/h4-6,8-9,11,18H,2-3,7H2,1H3,(H,20,22)(H,23,24). The van der Waals surface area contributed by atoms with Gasteiger partial charge in [-0.1, -0.05) is 24.9 Å². The maximum Gasteiger partial charge on any atom is 0.320 e. The first-order valence-electron chi connectivity index (χ1n) is 7.42. The van der Waals surface area contributed by atoms with Crippen LogP contribution >= 0.6 is 11.6 Å². The molecule has 3 N–H and O–H groups in total. The summed E-state index contributed by atoms with van der Waals surface area (Å²) in [5.74, 6) is -1.35. The number of amides is 1. The van der Waals surface area contributed by atoms with Gasteiger partial charge in [0.15, 0.2) is 0 Å². The summed E-state index contributed by atoms with van der Waals surface area (Å²) < 4.78 is 1.50. The molecule has 0 saturated heterocycles. The van der Waals surface area contributed by atoms with Crippen LogP contribution in [0.15, 0.2) is 30.9 Å². The SMILES string of the molecule is CCCC(NCC(=O)Nc1cc(Cl)ccc1-n1cncn1)C(=O)O. The summed E-state index contributed by atoms with van der Waals surface area (Å²) in [5.41, 5.74) is 1.07. The Balaban J connectivity index is 2.06. The van der Waals surface area contributed by atoms with E-state index >= 15 is 0 Å². The van der Waals surface area contributed by atoms with Gasteiger partial charge in [-0.15, -0.1) is 0 Å². The number of halogens is 1. The smallest absolute Gasteiger partial charge is 0.320 e. The number of carbonyl (C=O) groups is 2. The van der Waals surface area contributed by atoms with Gasteiger partial charge in [0, 0.05) is 5.02 Å². The second-order valence-corrected chi connectivity index (χ2v) is 5.55. The number of hydrogen-bond donors (Lipinski definition) is 3. The van der Waals surface area contributed by atoms with Crippen molar-refractivity contribution in [3.05, 3.63) is 35.9 Å². The summed E-state index contributed by atoms with van der Waals surface area (Å²) in [6, 6.07) is 4.22. The molecule has 8 nitrogen and oxygen atoms in total. The molecule has 2 aromatic rings. The first kappa shape index (κ1) is 17.9. The molecule has 1 heterocycles. The normalized spacial score (nSPS) is 11.9. The van der Waals surface area contributed by atoms with E-state index in [1.54, 1.807) is 18.2 Å². The minimum atomic E-state index is -0.976. The molecule has 9 heteroatoms. The second kappa shape index (κ2) is 8.42. The number of rotatable bonds is 8. The molecule has 0 bridgehead atoms. The quantitative estimate of drug-likeness (QED) is 0.668. The van der Waals surface area contributed by atoms with Crippen molar-refractivity contribution in [3.8, 4) is 5.69 Å². The van der Waals surface area contributed by atoms with E-state index in [1.807, 2.05) is 6.92 Å². The van der Waals surface area contributed by atoms with Gasteiger partial charge in [-0.25, -0.2) is 9.67 Å². The molecule has 0 aliphatic heterocycles. The van der Waals surface area contributed by atoms with Gasteiger partial charge in [0.2, 0.25) is 5.91 Å². The van der Waals surface area contributed by atoms with E-state index < -0.39 is 12.0 Å². The topological polar surface area (TPSA) is 109 Å². The van der Waals surface area contributed by atoms with Crippen LogP contribution in [0.1, 0.15) is 19.8 Å². The first-order chi connectivity index (χ1) is 11.5. The first-order valence-corrected chi connectivity index (χ1v) is 7.79. The molecule has 0 aliphatic rings. The molecule has 1 unspecified atom stereocenters. The highest BCUT2D eigenvalue weighted by atomic mass is 35.5. The number of hydrogen-bond acceptors (Lipinski definition) is 5. The Morgan fingerprint density at radius 3 is 2.83 bits per heavy atom. The molecule has 0 saturated carbocycles. The number of aliphatic carboxylic acids is 1. The molecule has 128 valence electrons. The summed E-state index contributed by atoms with van der Waals surface area (Å²) in [5, 5.41) is 19.0. The number of nitrogens with zero attached hydrogens (tertiary/aromatic N) is 3. The van der Waals surface area contributed by atoms with Gasteiger partial charge < -0.3 is 10.4 Å².